The lowest BCUT2D eigenvalue weighted by atomic mass is 9.90. The number of halogens is 4. The number of carbonyl (C=O) groups is 4. The van der Waals surface area contributed by atoms with E-state index in [0.717, 1.165) is 59.3 Å². The van der Waals surface area contributed by atoms with E-state index in [1.54, 1.807) is 60.0 Å². The maximum Gasteiger partial charge on any atom is 0.415 e. The first-order valence-corrected chi connectivity index (χ1v) is 26.6. The summed E-state index contributed by atoms with van der Waals surface area (Å²) >= 11 is 1.66. The highest BCUT2D eigenvalue weighted by Crippen LogP contribution is 2.39. The Morgan fingerprint density at radius 2 is 1.25 bits per heavy atom. The molecule has 404 valence electrons. The average Bonchev–Trinajstić information content (AvgIpc) is 4.25. The Hall–Kier alpha value is -7.49. The molecule has 0 saturated carbocycles. The minimum atomic E-state index is -0.668. The highest BCUT2D eigenvalue weighted by atomic mass is 32.1. The molecule has 0 spiro atoms. The van der Waals surface area contributed by atoms with E-state index in [1.807, 2.05) is 49.0 Å². The molecule has 7 aromatic rings. The van der Waals surface area contributed by atoms with Crippen LogP contribution in [-0.2, 0) is 27.4 Å². The van der Waals surface area contributed by atoms with Crippen molar-refractivity contribution in [2.24, 2.45) is 5.92 Å². The number of amides is 2. The zero-order chi connectivity index (χ0) is 54.5. The van der Waals surface area contributed by atoms with Crippen LogP contribution in [0.1, 0.15) is 119 Å². The lowest BCUT2D eigenvalue weighted by Gasteiger charge is -2.33. The second-order valence-corrected chi connectivity index (χ2v) is 22.9. The molecule has 3 saturated heterocycles. The third-order valence-corrected chi connectivity index (χ3v) is 15.2. The fraction of sp³-hybridized carbons (Fsp3) is 0.436. The van der Waals surface area contributed by atoms with Gasteiger partial charge >= 0.3 is 12.2 Å². The molecule has 2 amide bonds. The van der Waals surface area contributed by atoms with Crippen LogP contribution in [0.4, 0.5) is 38.8 Å². The summed E-state index contributed by atoms with van der Waals surface area (Å²) < 4.78 is 73.3. The van der Waals surface area contributed by atoms with E-state index in [0.29, 0.717) is 61.2 Å². The molecule has 0 radical (unpaired) electrons. The van der Waals surface area contributed by atoms with E-state index in [9.17, 15) is 36.7 Å². The van der Waals surface area contributed by atoms with Gasteiger partial charge in [0.25, 0.3) is 0 Å². The lowest BCUT2D eigenvalue weighted by molar-refractivity contribution is -0.720. The average molecular weight is 1080 g/mol. The van der Waals surface area contributed by atoms with Crippen molar-refractivity contribution in [3.63, 3.8) is 0 Å². The Morgan fingerprint density at radius 1 is 0.701 bits per heavy atom. The van der Waals surface area contributed by atoms with E-state index in [-0.39, 0.29) is 60.8 Å². The molecule has 3 atom stereocenters. The molecule has 5 aromatic heterocycles. The van der Waals surface area contributed by atoms with Gasteiger partial charge in [0.05, 0.1) is 42.0 Å². The molecule has 4 aliphatic heterocycles. The van der Waals surface area contributed by atoms with Crippen molar-refractivity contribution in [3.05, 3.63) is 124 Å². The van der Waals surface area contributed by atoms with Gasteiger partial charge in [-0.3, -0.25) is 14.5 Å². The molecular formula is C55H60F4N11O6S+. The number of ether oxygens (including phenoxy) is 2. The van der Waals surface area contributed by atoms with Crippen LogP contribution in [0, 0.1) is 29.2 Å². The van der Waals surface area contributed by atoms with Crippen molar-refractivity contribution in [1.82, 2.24) is 39.0 Å². The topological polar surface area (TPSA) is 164 Å². The number of hydrogen-bond donors (Lipinski definition) is 0. The van der Waals surface area contributed by atoms with Crippen LogP contribution in [0.3, 0.4) is 0 Å². The Balaban J connectivity index is 0.000000175. The zero-order valence-electron chi connectivity index (χ0n) is 43.7. The van der Waals surface area contributed by atoms with Crippen molar-refractivity contribution in [2.75, 3.05) is 42.5 Å². The van der Waals surface area contributed by atoms with Crippen molar-refractivity contribution >= 4 is 58.0 Å². The number of piperidine rings is 1. The van der Waals surface area contributed by atoms with Gasteiger partial charge in [-0.05, 0) is 116 Å². The Bertz CT molecular complexity index is 3410. The van der Waals surface area contributed by atoms with Crippen molar-refractivity contribution in [3.8, 4) is 10.4 Å². The van der Waals surface area contributed by atoms with Gasteiger partial charge < -0.3 is 24.2 Å². The molecule has 77 heavy (non-hydrogen) atoms. The fourth-order valence-electron chi connectivity index (χ4n) is 10.4. The van der Waals surface area contributed by atoms with Crippen LogP contribution < -0.4 is 14.4 Å². The van der Waals surface area contributed by atoms with Crippen LogP contribution >= 0.6 is 11.3 Å². The number of Topliss-reactive ketones (excluding diaryl/α,β-unsaturated/α-hetero) is 2. The highest BCUT2D eigenvalue weighted by molar-refractivity contribution is 7.14. The van der Waals surface area contributed by atoms with E-state index in [1.165, 1.54) is 33.8 Å². The number of hydrogen-bond acceptors (Lipinski definition) is 13. The van der Waals surface area contributed by atoms with E-state index >= 15 is 0 Å². The fourth-order valence-corrected chi connectivity index (χ4v) is 11.5. The van der Waals surface area contributed by atoms with Crippen molar-refractivity contribution in [2.45, 2.75) is 116 Å². The van der Waals surface area contributed by atoms with Crippen LogP contribution in [0.2, 0.25) is 0 Å². The number of aromatic nitrogens is 7. The molecule has 11 rings (SSSR count). The first-order valence-electron chi connectivity index (χ1n) is 25.8. The number of anilines is 2. The van der Waals surface area contributed by atoms with Gasteiger partial charge in [0.2, 0.25) is 11.7 Å². The molecule has 4 aliphatic rings. The van der Waals surface area contributed by atoms with Crippen molar-refractivity contribution < 1.29 is 50.8 Å². The first kappa shape index (κ1) is 52.9. The molecule has 1 unspecified atom stereocenters. The van der Waals surface area contributed by atoms with Crippen LogP contribution in [-0.4, -0.2) is 107 Å². The summed E-state index contributed by atoms with van der Waals surface area (Å²) in [6.07, 6.45) is 11.7. The SMILES string of the molecule is CC(C)(C)OC(=O)N1CCC(=O)C(CC(=O)c2cnn3ccc(N4CCC[C@@H]4c4cc(F)ccc4F)nc23)C1.CC(C)(C)OC(=O)N1CCc2sc(-c3cnn4ccc(N5CCC[C@@H]5c5cc(F)ccc5F)nc34)c[n+]2C1. The predicted octanol–water partition coefficient (Wildman–Crippen LogP) is 9.86. The van der Waals surface area contributed by atoms with Gasteiger partial charge in [-0.25, -0.2) is 46.1 Å². The largest absolute Gasteiger partial charge is 0.444 e. The van der Waals surface area contributed by atoms with Crippen molar-refractivity contribution in [1.29, 1.82) is 0 Å². The molecule has 22 heteroatoms. The maximum absolute atomic E-state index is 14.6. The molecule has 0 N–H and O–H groups in total. The smallest absolute Gasteiger partial charge is 0.415 e. The zero-order valence-corrected chi connectivity index (χ0v) is 44.5. The number of nitrogens with zero attached hydrogens (tertiary/aromatic N) is 11. The molecule has 0 bridgehead atoms. The summed E-state index contributed by atoms with van der Waals surface area (Å²) in [6.45, 7) is 13.6. The number of fused-ring (bicyclic) bond motifs is 3. The number of likely N-dealkylation sites (tertiary alicyclic amines) is 1. The minimum Gasteiger partial charge on any atom is -0.444 e. The number of benzene rings is 2. The summed E-state index contributed by atoms with van der Waals surface area (Å²) in [7, 11) is 0. The standard InChI is InChI=1S/C28H31F2N5O4.C27H29F2N6O2S/c1-28(2,3)39-27(38)33-11-8-23(36)17(16-33)13-24(37)20-15-31-35-12-9-25(32-26(20)35)34-10-4-5-22(34)19-14-18(29)6-7-21(19)30;1-27(2,3)37-26(36)32-11-9-24-33(16-32)15-22(38-24)19-14-30-35-12-8-23(31-25(19)35)34-10-4-5-21(34)18-13-17(28)6-7-20(18)29/h6-7,9,12,14-15,17,22H,4-5,8,10-11,13,16H2,1-3H3;6-8,12-15,21H,4-5,9-11,16H2,1-3H3/q;+1/t17?,22-;21-/m11/s1. The second kappa shape index (κ2) is 21.1. The number of rotatable bonds is 8. The number of thiazole rings is 1. The molecule has 2 aromatic carbocycles. The molecule has 3 fully saturated rings. The van der Waals surface area contributed by atoms with Crippen LogP contribution in [0.5, 0.6) is 0 Å². The van der Waals surface area contributed by atoms with Gasteiger partial charge in [-0.15, -0.1) is 0 Å². The van der Waals surface area contributed by atoms with E-state index in [4.69, 9.17) is 14.5 Å². The summed E-state index contributed by atoms with van der Waals surface area (Å²) in [5.74, 6) is -1.66. The van der Waals surface area contributed by atoms with Crippen LogP contribution in [0.15, 0.2) is 79.5 Å². The molecule has 9 heterocycles. The monoisotopic (exact) mass is 1080 g/mol. The normalized spacial score (nSPS) is 18.9. The number of ketones is 2. The molecule has 17 nitrogen and oxygen atoms in total. The Morgan fingerprint density at radius 3 is 1.84 bits per heavy atom. The maximum atomic E-state index is 14.6. The highest BCUT2D eigenvalue weighted by Gasteiger charge is 2.37. The van der Waals surface area contributed by atoms with Gasteiger partial charge in [-0.1, -0.05) is 11.3 Å². The van der Waals surface area contributed by atoms with E-state index < -0.39 is 52.5 Å². The van der Waals surface area contributed by atoms with Crippen LogP contribution in [0.25, 0.3) is 21.7 Å². The quantitative estimate of drug-likeness (QED) is 0.0805. The third-order valence-electron chi connectivity index (χ3n) is 14.0. The molecule has 0 aliphatic carbocycles. The molecular weight excluding hydrogens is 1020 g/mol. The summed E-state index contributed by atoms with van der Waals surface area (Å²) in [5.41, 5.74) is 1.56. The third kappa shape index (κ3) is 11.5. The van der Waals surface area contributed by atoms with Gasteiger partial charge in [0.15, 0.2) is 23.3 Å². The van der Waals surface area contributed by atoms with Gasteiger partial charge in [-0.2, -0.15) is 14.8 Å². The lowest BCUT2D eigenvalue weighted by Crippen LogP contribution is -2.53. The first-order chi connectivity index (χ1) is 36.7. The second-order valence-electron chi connectivity index (χ2n) is 21.8. The summed E-state index contributed by atoms with van der Waals surface area (Å²) in [5, 5.41) is 9.90. The van der Waals surface area contributed by atoms with E-state index in [2.05, 4.69) is 19.7 Å². The summed E-state index contributed by atoms with van der Waals surface area (Å²) in [6, 6.07) is 9.98. The van der Waals surface area contributed by atoms with Gasteiger partial charge in [0, 0.05) is 75.0 Å². The summed E-state index contributed by atoms with van der Waals surface area (Å²) in [4.78, 5) is 68.8. The Kier molecular flexibility index (Phi) is 14.5. The minimum absolute atomic E-state index is 0.0784. The number of carbonyl (C=O) groups excluding carboxylic acids is 4. The van der Waals surface area contributed by atoms with Gasteiger partial charge in [0.1, 0.15) is 56.8 Å². The Labute approximate surface area is 446 Å². The predicted molar refractivity (Wildman–Crippen MR) is 277 cm³/mol.